The molecule has 0 radical (unpaired) electrons. The van der Waals surface area contributed by atoms with Gasteiger partial charge in [0.15, 0.2) is 0 Å². The highest BCUT2D eigenvalue weighted by molar-refractivity contribution is 5.69. The van der Waals surface area contributed by atoms with E-state index in [9.17, 15) is 4.79 Å². The second-order valence-corrected chi connectivity index (χ2v) is 5.74. The molecule has 0 fully saturated rings. The van der Waals surface area contributed by atoms with Gasteiger partial charge in [-0.25, -0.2) is 0 Å². The van der Waals surface area contributed by atoms with Gasteiger partial charge in [0.25, 0.3) is 0 Å². The predicted octanol–water partition coefficient (Wildman–Crippen LogP) is 3.15. The van der Waals surface area contributed by atoms with Gasteiger partial charge in [-0.2, -0.15) is 0 Å². The number of rotatable bonds is 3. The molecule has 1 aliphatic heterocycles. The van der Waals surface area contributed by atoms with Crippen LogP contribution in [0.4, 0.5) is 0 Å². The molecule has 0 bridgehead atoms. The Morgan fingerprint density at radius 1 is 1.50 bits per heavy atom. The van der Waals surface area contributed by atoms with Gasteiger partial charge >= 0.3 is 5.97 Å². The summed E-state index contributed by atoms with van der Waals surface area (Å²) in [4.78, 5) is 10.9. The highest BCUT2D eigenvalue weighted by atomic mass is 16.5. The number of carboxylic acids is 1. The van der Waals surface area contributed by atoms with Crippen LogP contribution in [0.2, 0.25) is 0 Å². The van der Waals surface area contributed by atoms with Crippen molar-refractivity contribution in [2.24, 2.45) is 0 Å². The minimum absolute atomic E-state index is 0.126. The van der Waals surface area contributed by atoms with Crippen LogP contribution in [0.25, 0.3) is 0 Å². The maximum absolute atomic E-state index is 10.9. The highest BCUT2D eigenvalue weighted by Crippen LogP contribution is 2.34. The molecule has 0 aliphatic carbocycles. The van der Waals surface area contributed by atoms with Crippen molar-refractivity contribution in [2.45, 2.75) is 51.6 Å². The average Bonchev–Trinajstić information content (AvgIpc) is 2.26. The molecule has 1 heterocycles. The number of fused-ring (bicyclic) bond motifs is 1. The lowest BCUT2D eigenvalue weighted by molar-refractivity contribution is -0.138. The van der Waals surface area contributed by atoms with Crippen LogP contribution in [0.1, 0.15) is 44.7 Å². The first-order valence-corrected chi connectivity index (χ1v) is 6.40. The standard InChI is InChI=1S/C15H20O3/c1-10-4-5-11-6-7-12(8-13(11)18-10)15(2,3)9-14(16)17/h6-8,10H,4-5,9H2,1-3H3,(H,16,17). The molecule has 0 saturated heterocycles. The number of benzene rings is 1. The Morgan fingerprint density at radius 2 is 2.22 bits per heavy atom. The zero-order valence-electron chi connectivity index (χ0n) is 11.2. The van der Waals surface area contributed by atoms with Gasteiger partial charge < -0.3 is 9.84 Å². The lowest BCUT2D eigenvalue weighted by atomic mass is 9.81. The van der Waals surface area contributed by atoms with E-state index in [4.69, 9.17) is 9.84 Å². The van der Waals surface area contributed by atoms with Crippen molar-refractivity contribution in [3.63, 3.8) is 0 Å². The van der Waals surface area contributed by atoms with Crippen molar-refractivity contribution in [1.82, 2.24) is 0 Å². The van der Waals surface area contributed by atoms with Gasteiger partial charge in [0.1, 0.15) is 5.75 Å². The fourth-order valence-electron chi connectivity index (χ4n) is 2.41. The zero-order valence-corrected chi connectivity index (χ0v) is 11.2. The molecule has 3 heteroatoms. The van der Waals surface area contributed by atoms with Crippen molar-refractivity contribution < 1.29 is 14.6 Å². The molecule has 1 N–H and O–H groups in total. The third-order valence-electron chi connectivity index (χ3n) is 3.59. The van der Waals surface area contributed by atoms with E-state index in [1.54, 1.807) is 0 Å². The Balaban J connectivity index is 2.30. The van der Waals surface area contributed by atoms with Crippen molar-refractivity contribution in [3.8, 4) is 5.75 Å². The molecule has 0 amide bonds. The Bertz CT molecular complexity index is 463. The molecule has 3 nitrogen and oxygen atoms in total. The summed E-state index contributed by atoms with van der Waals surface area (Å²) in [6.07, 6.45) is 2.46. The van der Waals surface area contributed by atoms with E-state index in [1.165, 1.54) is 5.56 Å². The third-order valence-corrected chi connectivity index (χ3v) is 3.59. The molecule has 0 saturated carbocycles. The molecular weight excluding hydrogens is 228 g/mol. The summed E-state index contributed by atoms with van der Waals surface area (Å²) in [6, 6.07) is 6.11. The molecule has 2 rings (SSSR count). The first-order valence-electron chi connectivity index (χ1n) is 6.40. The van der Waals surface area contributed by atoms with Crippen LogP contribution in [0, 0.1) is 0 Å². The number of aliphatic carboxylic acids is 1. The van der Waals surface area contributed by atoms with Gasteiger partial charge in [0, 0.05) is 5.41 Å². The summed E-state index contributed by atoms with van der Waals surface area (Å²) in [5, 5.41) is 8.96. The van der Waals surface area contributed by atoms with E-state index in [0.717, 1.165) is 24.2 Å². The van der Waals surface area contributed by atoms with E-state index in [1.807, 2.05) is 26.0 Å². The van der Waals surface area contributed by atoms with Crippen molar-refractivity contribution in [2.75, 3.05) is 0 Å². The molecule has 1 aliphatic rings. The summed E-state index contributed by atoms with van der Waals surface area (Å²) >= 11 is 0. The largest absolute Gasteiger partial charge is 0.490 e. The highest BCUT2D eigenvalue weighted by Gasteiger charge is 2.26. The summed E-state index contributed by atoms with van der Waals surface area (Å²) in [5.41, 5.74) is 1.88. The second kappa shape index (κ2) is 4.63. The topological polar surface area (TPSA) is 46.5 Å². The molecule has 1 atom stereocenters. The molecule has 98 valence electrons. The van der Waals surface area contributed by atoms with Gasteiger partial charge in [-0.15, -0.1) is 0 Å². The SMILES string of the molecule is CC1CCc2ccc(C(C)(C)CC(=O)O)cc2O1. The number of hydrogen-bond donors (Lipinski definition) is 1. The predicted molar refractivity (Wildman–Crippen MR) is 70.1 cm³/mol. The van der Waals surface area contributed by atoms with E-state index in [-0.39, 0.29) is 17.9 Å². The molecule has 1 unspecified atom stereocenters. The van der Waals surface area contributed by atoms with E-state index >= 15 is 0 Å². The summed E-state index contributed by atoms with van der Waals surface area (Å²) < 4.78 is 5.83. The Labute approximate surface area is 108 Å². The van der Waals surface area contributed by atoms with Crippen LogP contribution < -0.4 is 4.74 Å². The minimum Gasteiger partial charge on any atom is -0.490 e. The lowest BCUT2D eigenvalue weighted by Gasteiger charge is -2.28. The quantitative estimate of drug-likeness (QED) is 0.893. The van der Waals surface area contributed by atoms with Gasteiger partial charge in [-0.3, -0.25) is 4.79 Å². The smallest absolute Gasteiger partial charge is 0.304 e. The van der Waals surface area contributed by atoms with Crippen LogP contribution in [0.15, 0.2) is 18.2 Å². The summed E-state index contributed by atoms with van der Waals surface area (Å²) in [6.45, 7) is 5.97. The summed E-state index contributed by atoms with van der Waals surface area (Å²) in [7, 11) is 0. The van der Waals surface area contributed by atoms with Crippen molar-refractivity contribution in [1.29, 1.82) is 0 Å². The van der Waals surface area contributed by atoms with E-state index in [2.05, 4.69) is 13.0 Å². The van der Waals surface area contributed by atoms with Crippen molar-refractivity contribution >= 4 is 5.97 Å². The molecule has 1 aromatic carbocycles. The van der Waals surface area contributed by atoms with Gasteiger partial charge in [-0.05, 0) is 37.0 Å². The molecule has 0 spiro atoms. The minimum atomic E-state index is -0.771. The second-order valence-electron chi connectivity index (χ2n) is 5.74. The lowest BCUT2D eigenvalue weighted by Crippen LogP contribution is -2.23. The van der Waals surface area contributed by atoms with Gasteiger partial charge in [0.05, 0.1) is 12.5 Å². The van der Waals surface area contributed by atoms with Crippen LogP contribution in [0.5, 0.6) is 5.75 Å². The Morgan fingerprint density at radius 3 is 2.89 bits per heavy atom. The zero-order chi connectivity index (χ0) is 13.3. The first kappa shape index (κ1) is 12.9. The van der Waals surface area contributed by atoms with Gasteiger partial charge in [-0.1, -0.05) is 26.0 Å². The third kappa shape index (κ3) is 2.66. The number of aryl methyl sites for hydroxylation is 1. The van der Waals surface area contributed by atoms with Crippen LogP contribution in [0.3, 0.4) is 0 Å². The molecule has 1 aromatic rings. The van der Waals surface area contributed by atoms with E-state index < -0.39 is 5.97 Å². The first-order chi connectivity index (χ1) is 8.38. The molecular formula is C15H20O3. The van der Waals surface area contributed by atoms with Crippen LogP contribution >= 0.6 is 0 Å². The van der Waals surface area contributed by atoms with Crippen LogP contribution in [-0.2, 0) is 16.6 Å². The number of hydrogen-bond acceptors (Lipinski definition) is 2. The van der Waals surface area contributed by atoms with Gasteiger partial charge in [0.2, 0.25) is 0 Å². The fourth-order valence-corrected chi connectivity index (χ4v) is 2.41. The van der Waals surface area contributed by atoms with E-state index in [0.29, 0.717) is 0 Å². The van der Waals surface area contributed by atoms with Crippen molar-refractivity contribution in [3.05, 3.63) is 29.3 Å². The number of carbonyl (C=O) groups is 1. The fraction of sp³-hybridized carbons (Fsp3) is 0.533. The average molecular weight is 248 g/mol. The molecule has 18 heavy (non-hydrogen) atoms. The monoisotopic (exact) mass is 248 g/mol. The Hall–Kier alpha value is -1.51. The number of carboxylic acid groups (broad SMARTS) is 1. The maximum Gasteiger partial charge on any atom is 0.304 e. The molecule has 0 aromatic heterocycles. The number of ether oxygens (including phenoxy) is 1. The maximum atomic E-state index is 10.9. The van der Waals surface area contributed by atoms with Crippen LogP contribution in [-0.4, -0.2) is 17.2 Å². The normalized spacial score (nSPS) is 18.9. The summed E-state index contributed by atoms with van der Waals surface area (Å²) in [5.74, 6) is 0.150. The Kier molecular flexibility index (Phi) is 3.33.